The van der Waals surface area contributed by atoms with Crippen LogP contribution < -0.4 is 26.7 Å². The van der Waals surface area contributed by atoms with Crippen molar-refractivity contribution in [1.29, 1.82) is 0 Å². The fraction of sp³-hybridized carbons (Fsp3) is 0.0625. The van der Waals surface area contributed by atoms with Crippen molar-refractivity contribution >= 4 is 22.6 Å². The number of benzene rings is 2. The Balaban J connectivity index is 1.91. The van der Waals surface area contributed by atoms with E-state index in [2.05, 4.69) is 15.7 Å². The predicted molar refractivity (Wildman–Crippen MR) is 90.2 cm³/mol. The van der Waals surface area contributed by atoms with Gasteiger partial charge in [-0.2, -0.15) is 4.68 Å². The topological polar surface area (TPSA) is 105 Å². The van der Waals surface area contributed by atoms with Gasteiger partial charge in [0.1, 0.15) is 5.75 Å². The van der Waals surface area contributed by atoms with Gasteiger partial charge in [0.25, 0.3) is 5.56 Å². The molecule has 122 valence electrons. The number of anilines is 1. The Morgan fingerprint density at radius 3 is 2.58 bits per heavy atom. The molecular weight excluding hydrogens is 312 g/mol. The lowest BCUT2D eigenvalue weighted by molar-refractivity contribution is 0.259. The van der Waals surface area contributed by atoms with Gasteiger partial charge in [-0.3, -0.25) is 4.79 Å². The highest BCUT2D eigenvalue weighted by Crippen LogP contribution is 2.22. The summed E-state index contributed by atoms with van der Waals surface area (Å²) < 4.78 is 5.74. The summed E-state index contributed by atoms with van der Waals surface area (Å²) in [5.74, 6) is 0.451. The summed E-state index contributed by atoms with van der Waals surface area (Å²) in [5.41, 5.74) is 1.67. The van der Waals surface area contributed by atoms with Gasteiger partial charge in [0.15, 0.2) is 0 Å². The van der Waals surface area contributed by atoms with Gasteiger partial charge < -0.3 is 15.0 Å². The van der Waals surface area contributed by atoms with Crippen molar-refractivity contribution in [3.05, 3.63) is 69.4 Å². The average molecular weight is 326 g/mol. The number of hydrogen-bond donors (Lipinski definition) is 3. The number of para-hydroxylation sites is 3. The summed E-state index contributed by atoms with van der Waals surface area (Å²) >= 11 is 0. The number of H-pyrrole nitrogens is 1. The second kappa shape index (κ2) is 6.29. The molecule has 0 aliphatic heterocycles. The maximum atomic E-state index is 12.3. The van der Waals surface area contributed by atoms with Crippen LogP contribution in [0.1, 0.15) is 0 Å². The number of hydrogen-bond acceptors (Lipinski definition) is 4. The first-order chi connectivity index (χ1) is 11.6. The van der Waals surface area contributed by atoms with Crippen LogP contribution >= 0.6 is 0 Å². The minimum atomic E-state index is -0.748. The number of aromatic nitrogens is 2. The molecule has 2 amide bonds. The molecule has 0 aliphatic rings. The predicted octanol–water partition coefficient (Wildman–Crippen LogP) is 1.47. The van der Waals surface area contributed by atoms with Crippen molar-refractivity contribution in [2.75, 3.05) is 17.9 Å². The number of nitrogens with zero attached hydrogens (tertiary/aromatic N) is 1. The fourth-order valence-corrected chi connectivity index (χ4v) is 2.26. The number of amides is 2. The molecule has 0 aliphatic carbocycles. The number of carbonyl (C=O) groups is 1. The first-order valence-electron chi connectivity index (χ1n) is 7.05. The van der Waals surface area contributed by atoms with Gasteiger partial charge in [0.2, 0.25) is 0 Å². The molecule has 3 N–H and O–H groups in total. The maximum Gasteiger partial charge on any atom is 0.348 e. The van der Waals surface area contributed by atoms with Crippen LogP contribution in [-0.2, 0) is 0 Å². The van der Waals surface area contributed by atoms with Crippen molar-refractivity contribution in [2.24, 2.45) is 0 Å². The zero-order valence-electron chi connectivity index (χ0n) is 12.7. The van der Waals surface area contributed by atoms with E-state index in [1.54, 1.807) is 48.5 Å². The minimum Gasteiger partial charge on any atom is -0.495 e. The molecule has 8 heteroatoms. The molecule has 0 fully saturated rings. The molecule has 0 atom stereocenters. The van der Waals surface area contributed by atoms with Crippen LogP contribution in [0.5, 0.6) is 5.75 Å². The van der Waals surface area contributed by atoms with Crippen LogP contribution in [0.2, 0.25) is 0 Å². The van der Waals surface area contributed by atoms with Crippen LogP contribution in [-0.4, -0.2) is 22.8 Å². The Morgan fingerprint density at radius 1 is 1.08 bits per heavy atom. The Hall–Kier alpha value is -3.55. The van der Waals surface area contributed by atoms with E-state index in [-0.39, 0.29) is 5.39 Å². The van der Waals surface area contributed by atoms with E-state index in [0.29, 0.717) is 21.6 Å². The molecular formula is C16H14N4O4. The number of ether oxygens (including phenoxy) is 1. The molecule has 0 saturated carbocycles. The Morgan fingerprint density at radius 2 is 1.79 bits per heavy atom. The highest BCUT2D eigenvalue weighted by Gasteiger charge is 2.11. The van der Waals surface area contributed by atoms with E-state index < -0.39 is 17.3 Å². The van der Waals surface area contributed by atoms with E-state index in [9.17, 15) is 14.4 Å². The molecule has 0 spiro atoms. The second-order valence-corrected chi connectivity index (χ2v) is 4.88. The Kier molecular flexibility index (Phi) is 4.02. The van der Waals surface area contributed by atoms with Crippen LogP contribution in [0.3, 0.4) is 0 Å². The van der Waals surface area contributed by atoms with E-state index >= 15 is 0 Å². The Labute approximate surface area is 135 Å². The van der Waals surface area contributed by atoms with E-state index in [1.807, 2.05) is 0 Å². The van der Waals surface area contributed by atoms with E-state index in [0.717, 1.165) is 0 Å². The van der Waals surface area contributed by atoms with Crippen LogP contribution in [0, 0.1) is 0 Å². The van der Waals surface area contributed by atoms with Crippen LogP contribution in [0.25, 0.3) is 10.9 Å². The summed E-state index contributed by atoms with van der Waals surface area (Å²) in [6.07, 6.45) is 0. The molecule has 0 bridgehead atoms. The lowest BCUT2D eigenvalue weighted by Crippen LogP contribution is -2.44. The van der Waals surface area contributed by atoms with Gasteiger partial charge >= 0.3 is 11.7 Å². The second-order valence-electron chi connectivity index (χ2n) is 4.88. The maximum absolute atomic E-state index is 12.3. The van der Waals surface area contributed by atoms with Gasteiger partial charge in [-0.05, 0) is 24.3 Å². The number of fused-ring (bicyclic) bond motifs is 1. The third-order valence-corrected chi connectivity index (χ3v) is 3.37. The number of methoxy groups -OCH3 is 1. The van der Waals surface area contributed by atoms with Crippen molar-refractivity contribution < 1.29 is 9.53 Å². The smallest absolute Gasteiger partial charge is 0.348 e. The summed E-state index contributed by atoms with van der Waals surface area (Å²) in [5, 5.41) is 2.81. The largest absolute Gasteiger partial charge is 0.495 e. The van der Waals surface area contributed by atoms with Crippen molar-refractivity contribution in [1.82, 2.24) is 9.66 Å². The molecule has 0 unspecified atom stereocenters. The molecule has 3 aromatic rings. The summed E-state index contributed by atoms with van der Waals surface area (Å²) in [6.45, 7) is 0. The number of carbonyl (C=O) groups excluding carboxylic acids is 1. The normalized spacial score (nSPS) is 10.4. The zero-order chi connectivity index (χ0) is 17.1. The van der Waals surface area contributed by atoms with Gasteiger partial charge in [-0.15, -0.1) is 0 Å². The summed E-state index contributed by atoms with van der Waals surface area (Å²) in [6, 6.07) is 12.6. The van der Waals surface area contributed by atoms with E-state index in [1.165, 1.54) is 7.11 Å². The van der Waals surface area contributed by atoms with Gasteiger partial charge in [0, 0.05) is 0 Å². The third-order valence-electron chi connectivity index (χ3n) is 3.37. The number of aromatic amines is 1. The monoisotopic (exact) mass is 326 g/mol. The average Bonchev–Trinajstić information content (AvgIpc) is 2.59. The molecule has 8 nitrogen and oxygen atoms in total. The van der Waals surface area contributed by atoms with E-state index in [4.69, 9.17) is 4.74 Å². The highest BCUT2D eigenvalue weighted by molar-refractivity contribution is 5.96. The summed E-state index contributed by atoms with van der Waals surface area (Å²) in [4.78, 5) is 39.0. The molecule has 1 heterocycles. The van der Waals surface area contributed by atoms with Gasteiger partial charge in [-0.1, -0.05) is 24.3 Å². The van der Waals surface area contributed by atoms with Crippen LogP contribution in [0.4, 0.5) is 10.5 Å². The minimum absolute atomic E-state index is 0.287. The molecule has 0 radical (unpaired) electrons. The lowest BCUT2D eigenvalue weighted by atomic mass is 10.2. The molecule has 2 aromatic carbocycles. The number of nitrogens with one attached hydrogen (secondary N) is 3. The van der Waals surface area contributed by atoms with Crippen molar-refractivity contribution in [3.63, 3.8) is 0 Å². The quantitative estimate of drug-likeness (QED) is 0.678. The first-order valence-corrected chi connectivity index (χ1v) is 7.05. The number of rotatable bonds is 3. The van der Waals surface area contributed by atoms with Gasteiger partial charge in [-0.25, -0.2) is 15.0 Å². The van der Waals surface area contributed by atoms with Gasteiger partial charge in [0.05, 0.1) is 23.7 Å². The third kappa shape index (κ3) is 2.84. The highest BCUT2D eigenvalue weighted by atomic mass is 16.5. The lowest BCUT2D eigenvalue weighted by Gasteiger charge is -2.11. The van der Waals surface area contributed by atoms with Crippen molar-refractivity contribution in [2.45, 2.75) is 0 Å². The zero-order valence-corrected chi connectivity index (χ0v) is 12.7. The molecule has 24 heavy (non-hydrogen) atoms. The van der Waals surface area contributed by atoms with Crippen molar-refractivity contribution in [3.8, 4) is 5.75 Å². The Bertz CT molecular complexity index is 1020. The standard InChI is InChI=1S/C16H14N4O4/c1-24-13-9-5-4-8-12(13)17-15(22)19-20-14(21)10-6-2-3-7-11(10)18-16(20)23/h2-9H,1H3,(H,18,23)(H2,17,19,22). The SMILES string of the molecule is COc1ccccc1NC(=O)Nn1c(=O)[nH]c2ccccc2c1=O. The molecule has 0 saturated heterocycles. The number of urea groups is 1. The summed E-state index contributed by atoms with van der Waals surface area (Å²) in [7, 11) is 1.47. The molecule has 3 rings (SSSR count). The first kappa shape index (κ1) is 15.3. The fourth-order valence-electron chi connectivity index (χ4n) is 2.26. The van der Waals surface area contributed by atoms with Crippen LogP contribution in [0.15, 0.2) is 58.1 Å². The molecule has 1 aromatic heterocycles.